The summed E-state index contributed by atoms with van der Waals surface area (Å²) in [5, 5.41) is 8.49. The first kappa shape index (κ1) is 9.26. The first-order valence-electron chi connectivity index (χ1n) is 4.33. The molecule has 0 bridgehead atoms. The van der Waals surface area contributed by atoms with Gasteiger partial charge in [-0.25, -0.2) is 4.79 Å². The van der Waals surface area contributed by atoms with Crippen LogP contribution in [0.1, 0.15) is 19.3 Å². The molecule has 0 aromatic heterocycles. The summed E-state index contributed by atoms with van der Waals surface area (Å²) < 4.78 is 0. The fourth-order valence-electron chi connectivity index (χ4n) is 1.08. The van der Waals surface area contributed by atoms with Gasteiger partial charge in [-0.15, -0.1) is 0 Å². The quantitative estimate of drug-likeness (QED) is 0.368. The Kier molecular flexibility index (Phi) is 3.29. The lowest BCUT2D eigenvalue weighted by atomic mass is 10.1. The van der Waals surface area contributed by atoms with E-state index in [0.717, 1.165) is 19.4 Å². The molecule has 12 heavy (non-hydrogen) atoms. The van der Waals surface area contributed by atoms with E-state index in [1.165, 1.54) is 13.1 Å². The third kappa shape index (κ3) is 3.53. The van der Waals surface area contributed by atoms with Crippen molar-refractivity contribution in [1.82, 2.24) is 4.90 Å². The van der Waals surface area contributed by atoms with Crippen molar-refractivity contribution in [3.05, 3.63) is 12.2 Å². The standard InChI is InChI=1S/C9H15NO2/c1-8(9(11)12)4-2-3-5-10-6-7-10/h1-7H2,(H,11,12). The highest BCUT2D eigenvalue weighted by Crippen LogP contribution is 2.09. The van der Waals surface area contributed by atoms with Crippen LogP contribution in [0.3, 0.4) is 0 Å². The van der Waals surface area contributed by atoms with Crippen molar-refractivity contribution < 1.29 is 9.90 Å². The van der Waals surface area contributed by atoms with Gasteiger partial charge in [0, 0.05) is 18.7 Å². The average Bonchev–Trinajstić information content (AvgIpc) is 2.80. The summed E-state index contributed by atoms with van der Waals surface area (Å²) in [6, 6.07) is 0. The molecule has 1 heterocycles. The second-order valence-electron chi connectivity index (χ2n) is 3.21. The van der Waals surface area contributed by atoms with Crippen LogP contribution in [-0.4, -0.2) is 35.6 Å². The molecule has 1 N–H and O–H groups in total. The first-order chi connectivity index (χ1) is 5.70. The van der Waals surface area contributed by atoms with Crippen LogP contribution in [0.25, 0.3) is 0 Å². The minimum absolute atomic E-state index is 0.334. The monoisotopic (exact) mass is 169 g/mol. The van der Waals surface area contributed by atoms with Gasteiger partial charge in [-0.1, -0.05) is 6.58 Å². The van der Waals surface area contributed by atoms with Crippen molar-refractivity contribution in [2.45, 2.75) is 19.3 Å². The van der Waals surface area contributed by atoms with E-state index in [1.54, 1.807) is 0 Å². The minimum Gasteiger partial charge on any atom is -0.478 e. The number of aliphatic carboxylic acids is 1. The second-order valence-corrected chi connectivity index (χ2v) is 3.21. The maximum Gasteiger partial charge on any atom is 0.330 e. The highest BCUT2D eigenvalue weighted by atomic mass is 16.4. The lowest BCUT2D eigenvalue weighted by Crippen LogP contribution is -2.02. The van der Waals surface area contributed by atoms with Gasteiger partial charge in [0.05, 0.1) is 0 Å². The van der Waals surface area contributed by atoms with Gasteiger partial charge in [-0.05, 0) is 25.8 Å². The highest BCUT2D eigenvalue weighted by Gasteiger charge is 2.15. The third-order valence-corrected chi connectivity index (χ3v) is 2.05. The summed E-state index contributed by atoms with van der Waals surface area (Å²) in [6.45, 7) is 7.04. The Labute approximate surface area is 72.7 Å². The van der Waals surface area contributed by atoms with Gasteiger partial charge >= 0.3 is 5.97 Å². The Balaban J connectivity index is 1.93. The molecule has 0 aromatic carbocycles. The van der Waals surface area contributed by atoms with Crippen LogP contribution in [0.15, 0.2) is 12.2 Å². The van der Waals surface area contributed by atoms with Crippen molar-refractivity contribution in [3.8, 4) is 0 Å². The largest absolute Gasteiger partial charge is 0.478 e. The van der Waals surface area contributed by atoms with Gasteiger partial charge in [-0.2, -0.15) is 0 Å². The van der Waals surface area contributed by atoms with E-state index in [2.05, 4.69) is 11.5 Å². The van der Waals surface area contributed by atoms with Crippen molar-refractivity contribution in [2.24, 2.45) is 0 Å². The Morgan fingerprint density at radius 2 is 2.08 bits per heavy atom. The van der Waals surface area contributed by atoms with Crippen molar-refractivity contribution >= 4 is 5.97 Å². The maximum atomic E-state index is 10.3. The lowest BCUT2D eigenvalue weighted by molar-refractivity contribution is -0.132. The number of carboxylic acid groups (broad SMARTS) is 1. The number of nitrogens with zero attached hydrogens (tertiary/aromatic N) is 1. The molecule has 3 heteroatoms. The molecule has 1 aliphatic rings. The minimum atomic E-state index is -0.860. The molecule has 1 aliphatic heterocycles. The van der Waals surface area contributed by atoms with Crippen molar-refractivity contribution in [3.63, 3.8) is 0 Å². The Hall–Kier alpha value is -0.830. The van der Waals surface area contributed by atoms with Crippen LogP contribution >= 0.6 is 0 Å². The topological polar surface area (TPSA) is 40.3 Å². The maximum absolute atomic E-state index is 10.3. The van der Waals surface area contributed by atoms with Gasteiger partial charge < -0.3 is 10.0 Å². The molecular formula is C9H15NO2. The van der Waals surface area contributed by atoms with Crippen LogP contribution in [0.2, 0.25) is 0 Å². The van der Waals surface area contributed by atoms with E-state index in [0.29, 0.717) is 12.0 Å². The molecular weight excluding hydrogens is 154 g/mol. The first-order valence-corrected chi connectivity index (χ1v) is 4.33. The lowest BCUT2D eigenvalue weighted by Gasteiger charge is -2.00. The number of hydrogen-bond donors (Lipinski definition) is 1. The van der Waals surface area contributed by atoms with Crippen LogP contribution in [-0.2, 0) is 4.79 Å². The third-order valence-electron chi connectivity index (χ3n) is 2.05. The second kappa shape index (κ2) is 4.26. The van der Waals surface area contributed by atoms with Crippen LogP contribution in [0.4, 0.5) is 0 Å². The molecule has 0 aliphatic carbocycles. The van der Waals surface area contributed by atoms with E-state index in [1.807, 2.05) is 0 Å². The number of unbranched alkanes of at least 4 members (excludes halogenated alkanes) is 1. The molecule has 0 amide bonds. The van der Waals surface area contributed by atoms with Crippen LogP contribution in [0.5, 0.6) is 0 Å². The zero-order chi connectivity index (χ0) is 8.97. The smallest absolute Gasteiger partial charge is 0.330 e. The van der Waals surface area contributed by atoms with E-state index in [4.69, 9.17) is 5.11 Å². The molecule has 0 spiro atoms. The fourth-order valence-corrected chi connectivity index (χ4v) is 1.08. The summed E-state index contributed by atoms with van der Waals surface area (Å²) >= 11 is 0. The summed E-state index contributed by atoms with van der Waals surface area (Å²) in [5.41, 5.74) is 0.334. The molecule has 3 nitrogen and oxygen atoms in total. The van der Waals surface area contributed by atoms with Gasteiger partial charge in [0.2, 0.25) is 0 Å². The summed E-state index contributed by atoms with van der Waals surface area (Å²) in [6.07, 6.45) is 2.66. The Bertz CT molecular complexity index is 185. The molecule has 0 radical (unpaired) electrons. The molecule has 1 fully saturated rings. The number of carbonyl (C=O) groups is 1. The van der Waals surface area contributed by atoms with E-state index >= 15 is 0 Å². The van der Waals surface area contributed by atoms with Gasteiger partial charge in [0.25, 0.3) is 0 Å². The van der Waals surface area contributed by atoms with Gasteiger partial charge in [-0.3, -0.25) is 0 Å². The van der Waals surface area contributed by atoms with Crippen LogP contribution < -0.4 is 0 Å². The predicted octanol–water partition coefficient (Wildman–Crippen LogP) is 1.11. The predicted molar refractivity (Wildman–Crippen MR) is 47.1 cm³/mol. The normalized spacial score (nSPS) is 16.0. The fraction of sp³-hybridized carbons (Fsp3) is 0.667. The van der Waals surface area contributed by atoms with E-state index in [9.17, 15) is 4.79 Å². The summed E-state index contributed by atoms with van der Waals surface area (Å²) in [4.78, 5) is 12.7. The summed E-state index contributed by atoms with van der Waals surface area (Å²) in [5.74, 6) is -0.860. The zero-order valence-corrected chi connectivity index (χ0v) is 7.25. The highest BCUT2D eigenvalue weighted by molar-refractivity contribution is 5.85. The van der Waals surface area contributed by atoms with Crippen molar-refractivity contribution in [2.75, 3.05) is 19.6 Å². The molecule has 0 aromatic rings. The van der Waals surface area contributed by atoms with E-state index in [-0.39, 0.29) is 0 Å². The Morgan fingerprint density at radius 1 is 1.42 bits per heavy atom. The van der Waals surface area contributed by atoms with Crippen molar-refractivity contribution in [1.29, 1.82) is 0 Å². The molecule has 0 unspecified atom stereocenters. The molecule has 0 atom stereocenters. The molecule has 0 saturated carbocycles. The number of carboxylic acids is 1. The SMILES string of the molecule is C=C(CCCCN1CC1)C(=O)O. The Morgan fingerprint density at radius 3 is 2.58 bits per heavy atom. The molecule has 68 valence electrons. The van der Waals surface area contributed by atoms with Crippen LogP contribution in [0, 0.1) is 0 Å². The zero-order valence-electron chi connectivity index (χ0n) is 7.25. The average molecular weight is 169 g/mol. The number of rotatable bonds is 6. The van der Waals surface area contributed by atoms with Gasteiger partial charge in [0.15, 0.2) is 0 Å². The number of hydrogen-bond acceptors (Lipinski definition) is 2. The molecule has 1 saturated heterocycles. The van der Waals surface area contributed by atoms with E-state index < -0.39 is 5.97 Å². The summed E-state index contributed by atoms with van der Waals surface area (Å²) in [7, 11) is 0. The molecule has 1 rings (SSSR count). The van der Waals surface area contributed by atoms with Gasteiger partial charge in [0.1, 0.15) is 0 Å².